The summed E-state index contributed by atoms with van der Waals surface area (Å²) in [6, 6.07) is 0. The average molecular weight is 228 g/mol. The van der Waals surface area contributed by atoms with Crippen molar-refractivity contribution in [3.05, 3.63) is 0 Å². The lowest BCUT2D eigenvalue weighted by atomic mass is 9.77. The second kappa shape index (κ2) is 6.66. The zero-order chi connectivity index (χ0) is 12.8. The van der Waals surface area contributed by atoms with Gasteiger partial charge < -0.3 is 5.11 Å². The van der Waals surface area contributed by atoms with Crippen LogP contribution in [0.5, 0.6) is 0 Å². The Hall–Kier alpha value is -0.860. The SMILES string of the molecule is CCCCCCC(=O)C(C(=O)O)C(C)(C)C. The second-order valence-corrected chi connectivity index (χ2v) is 5.41. The number of aliphatic carboxylic acids is 1. The van der Waals surface area contributed by atoms with Crippen molar-refractivity contribution >= 4 is 11.8 Å². The molecule has 1 unspecified atom stereocenters. The zero-order valence-corrected chi connectivity index (χ0v) is 10.9. The van der Waals surface area contributed by atoms with Crippen LogP contribution in [0.25, 0.3) is 0 Å². The number of carboxylic acids is 1. The smallest absolute Gasteiger partial charge is 0.314 e. The fourth-order valence-corrected chi connectivity index (χ4v) is 1.86. The van der Waals surface area contributed by atoms with E-state index in [0.717, 1.165) is 25.7 Å². The summed E-state index contributed by atoms with van der Waals surface area (Å²) in [5, 5.41) is 9.06. The minimum absolute atomic E-state index is 0.129. The van der Waals surface area contributed by atoms with Gasteiger partial charge >= 0.3 is 5.97 Å². The van der Waals surface area contributed by atoms with Crippen molar-refractivity contribution in [1.82, 2.24) is 0 Å². The molecule has 3 heteroatoms. The summed E-state index contributed by atoms with van der Waals surface area (Å²) in [7, 11) is 0. The Bertz CT molecular complexity index is 238. The Balaban J connectivity index is 4.26. The Labute approximate surface area is 98.2 Å². The van der Waals surface area contributed by atoms with E-state index in [1.807, 2.05) is 0 Å². The van der Waals surface area contributed by atoms with Gasteiger partial charge in [-0.25, -0.2) is 0 Å². The lowest BCUT2D eigenvalue weighted by molar-refractivity contribution is -0.150. The summed E-state index contributed by atoms with van der Waals surface area (Å²) in [5.41, 5.74) is -0.492. The maximum atomic E-state index is 11.8. The highest BCUT2D eigenvalue weighted by Gasteiger charge is 2.36. The van der Waals surface area contributed by atoms with Gasteiger partial charge in [0.1, 0.15) is 11.7 Å². The first kappa shape index (κ1) is 15.1. The number of hydrogen-bond acceptors (Lipinski definition) is 2. The van der Waals surface area contributed by atoms with Crippen LogP contribution in [-0.2, 0) is 9.59 Å². The third kappa shape index (κ3) is 5.29. The molecule has 0 aromatic rings. The minimum Gasteiger partial charge on any atom is -0.481 e. The molecule has 0 aliphatic heterocycles. The number of Topliss-reactive ketones (excluding diaryl/α,β-unsaturated/α-hetero) is 1. The topological polar surface area (TPSA) is 54.4 Å². The van der Waals surface area contributed by atoms with E-state index in [4.69, 9.17) is 5.11 Å². The molecule has 0 radical (unpaired) electrons. The first-order chi connectivity index (χ1) is 7.30. The number of hydrogen-bond donors (Lipinski definition) is 1. The largest absolute Gasteiger partial charge is 0.481 e. The van der Waals surface area contributed by atoms with Gasteiger partial charge in [-0.15, -0.1) is 0 Å². The van der Waals surface area contributed by atoms with Gasteiger partial charge in [-0.05, 0) is 11.8 Å². The maximum Gasteiger partial charge on any atom is 0.314 e. The average Bonchev–Trinajstić information content (AvgIpc) is 2.09. The summed E-state index contributed by atoms with van der Waals surface area (Å²) in [6.07, 6.45) is 4.45. The van der Waals surface area contributed by atoms with Crippen LogP contribution >= 0.6 is 0 Å². The molecule has 16 heavy (non-hydrogen) atoms. The van der Waals surface area contributed by atoms with E-state index < -0.39 is 17.3 Å². The molecule has 0 amide bonds. The molecule has 0 bridgehead atoms. The lowest BCUT2D eigenvalue weighted by Gasteiger charge is -2.25. The standard InChI is InChI=1S/C13H24O3/c1-5-6-7-8-9-10(14)11(12(15)16)13(2,3)4/h11H,5-9H2,1-4H3,(H,15,16). The van der Waals surface area contributed by atoms with Crippen molar-refractivity contribution in [2.45, 2.75) is 59.8 Å². The van der Waals surface area contributed by atoms with Gasteiger partial charge in [-0.3, -0.25) is 9.59 Å². The van der Waals surface area contributed by atoms with Crippen LogP contribution in [0.15, 0.2) is 0 Å². The molecule has 94 valence electrons. The van der Waals surface area contributed by atoms with E-state index in [-0.39, 0.29) is 5.78 Å². The molecule has 0 saturated carbocycles. The van der Waals surface area contributed by atoms with Gasteiger partial charge in [0, 0.05) is 6.42 Å². The molecule has 1 N–H and O–H groups in total. The van der Waals surface area contributed by atoms with Gasteiger partial charge in [0.25, 0.3) is 0 Å². The number of ketones is 1. The number of rotatable bonds is 7. The van der Waals surface area contributed by atoms with E-state index in [9.17, 15) is 9.59 Å². The van der Waals surface area contributed by atoms with Crippen LogP contribution in [0.1, 0.15) is 59.8 Å². The first-order valence-corrected chi connectivity index (χ1v) is 6.06. The van der Waals surface area contributed by atoms with Crippen molar-refractivity contribution in [2.24, 2.45) is 11.3 Å². The third-order valence-electron chi connectivity index (χ3n) is 2.71. The number of carboxylic acid groups (broad SMARTS) is 1. The van der Waals surface area contributed by atoms with Crippen molar-refractivity contribution in [2.75, 3.05) is 0 Å². The Morgan fingerprint density at radius 2 is 1.69 bits per heavy atom. The fourth-order valence-electron chi connectivity index (χ4n) is 1.86. The Morgan fingerprint density at radius 1 is 1.12 bits per heavy atom. The highest BCUT2D eigenvalue weighted by molar-refractivity contribution is 5.98. The van der Waals surface area contributed by atoms with E-state index in [0.29, 0.717) is 6.42 Å². The van der Waals surface area contributed by atoms with Crippen molar-refractivity contribution in [1.29, 1.82) is 0 Å². The minimum atomic E-state index is -0.993. The van der Waals surface area contributed by atoms with Crippen LogP contribution in [0.2, 0.25) is 0 Å². The molecule has 0 aromatic carbocycles. The zero-order valence-electron chi connectivity index (χ0n) is 10.9. The fraction of sp³-hybridized carbons (Fsp3) is 0.846. The van der Waals surface area contributed by atoms with Crippen LogP contribution in [0.3, 0.4) is 0 Å². The molecule has 3 nitrogen and oxygen atoms in total. The van der Waals surface area contributed by atoms with E-state index in [1.54, 1.807) is 20.8 Å². The first-order valence-electron chi connectivity index (χ1n) is 6.06. The van der Waals surface area contributed by atoms with Gasteiger partial charge in [-0.2, -0.15) is 0 Å². The molecule has 0 aliphatic rings. The normalized spacial score (nSPS) is 13.5. The lowest BCUT2D eigenvalue weighted by Crippen LogP contribution is -2.35. The molecule has 0 spiro atoms. The number of carbonyl (C=O) groups is 2. The van der Waals surface area contributed by atoms with Crippen LogP contribution in [0.4, 0.5) is 0 Å². The molecular weight excluding hydrogens is 204 g/mol. The van der Waals surface area contributed by atoms with E-state index >= 15 is 0 Å². The van der Waals surface area contributed by atoms with Gasteiger partial charge in [0.2, 0.25) is 0 Å². The van der Waals surface area contributed by atoms with E-state index in [2.05, 4.69) is 6.92 Å². The molecule has 1 atom stereocenters. The van der Waals surface area contributed by atoms with E-state index in [1.165, 1.54) is 0 Å². The number of carbonyl (C=O) groups excluding carboxylic acids is 1. The van der Waals surface area contributed by atoms with Crippen LogP contribution < -0.4 is 0 Å². The molecule has 0 heterocycles. The maximum absolute atomic E-state index is 11.8. The quantitative estimate of drug-likeness (QED) is 0.537. The highest BCUT2D eigenvalue weighted by atomic mass is 16.4. The monoisotopic (exact) mass is 228 g/mol. The molecule has 0 aromatic heterocycles. The summed E-state index contributed by atoms with van der Waals surface area (Å²) in [4.78, 5) is 22.9. The van der Waals surface area contributed by atoms with Crippen LogP contribution in [-0.4, -0.2) is 16.9 Å². The van der Waals surface area contributed by atoms with Crippen molar-refractivity contribution in [3.63, 3.8) is 0 Å². The van der Waals surface area contributed by atoms with Gasteiger partial charge in [-0.1, -0.05) is 47.0 Å². The molecule has 0 fully saturated rings. The molecule has 0 aliphatic carbocycles. The summed E-state index contributed by atoms with van der Waals surface area (Å²) < 4.78 is 0. The summed E-state index contributed by atoms with van der Waals surface area (Å²) in [6.45, 7) is 7.51. The number of unbranched alkanes of at least 4 members (excludes halogenated alkanes) is 3. The van der Waals surface area contributed by atoms with Crippen molar-refractivity contribution < 1.29 is 14.7 Å². The molecule has 0 saturated heterocycles. The second-order valence-electron chi connectivity index (χ2n) is 5.41. The Kier molecular flexibility index (Phi) is 6.31. The highest BCUT2D eigenvalue weighted by Crippen LogP contribution is 2.28. The molecular formula is C13H24O3. The molecule has 0 rings (SSSR count). The van der Waals surface area contributed by atoms with Gasteiger partial charge in [0.05, 0.1) is 0 Å². The van der Waals surface area contributed by atoms with Gasteiger partial charge in [0.15, 0.2) is 0 Å². The predicted octanol–water partition coefficient (Wildman–Crippen LogP) is 3.27. The third-order valence-corrected chi connectivity index (χ3v) is 2.71. The van der Waals surface area contributed by atoms with Crippen molar-refractivity contribution in [3.8, 4) is 0 Å². The Morgan fingerprint density at radius 3 is 2.06 bits per heavy atom. The summed E-state index contributed by atoms with van der Waals surface area (Å²) >= 11 is 0. The van der Waals surface area contributed by atoms with Crippen LogP contribution in [0, 0.1) is 11.3 Å². The summed E-state index contributed by atoms with van der Waals surface area (Å²) in [5.74, 6) is -1.99. The predicted molar refractivity (Wildman–Crippen MR) is 64.3 cm³/mol.